The van der Waals surface area contributed by atoms with Crippen molar-refractivity contribution in [1.82, 2.24) is 9.13 Å². The van der Waals surface area contributed by atoms with Crippen LogP contribution < -0.4 is 11.2 Å². The SMILES string of the molecule is CC(=O)c1cn(CCS(C)(=O)=O)c(=O)n(C)c1=O. The summed E-state index contributed by atoms with van der Waals surface area (Å²) in [5, 5.41) is 0. The number of hydrogen-bond donors (Lipinski definition) is 0. The number of aromatic nitrogens is 2. The van der Waals surface area contributed by atoms with E-state index in [9.17, 15) is 22.8 Å². The van der Waals surface area contributed by atoms with Crippen LogP contribution in [0.3, 0.4) is 0 Å². The molecule has 7 nitrogen and oxygen atoms in total. The summed E-state index contributed by atoms with van der Waals surface area (Å²) in [6.07, 6.45) is 2.16. The monoisotopic (exact) mass is 274 g/mol. The second-order valence-electron chi connectivity index (χ2n) is 4.07. The molecule has 0 fully saturated rings. The number of aryl methyl sites for hydroxylation is 1. The lowest BCUT2D eigenvalue weighted by Gasteiger charge is -2.08. The van der Waals surface area contributed by atoms with Crippen LogP contribution in [0.2, 0.25) is 0 Å². The first-order valence-electron chi connectivity index (χ1n) is 5.12. The fraction of sp³-hybridized carbons (Fsp3) is 0.500. The number of rotatable bonds is 4. The van der Waals surface area contributed by atoms with Gasteiger partial charge in [-0.15, -0.1) is 0 Å². The maximum absolute atomic E-state index is 11.7. The summed E-state index contributed by atoms with van der Waals surface area (Å²) in [6, 6.07) is 0. The van der Waals surface area contributed by atoms with E-state index in [2.05, 4.69) is 0 Å². The molecular weight excluding hydrogens is 260 g/mol. The van der Waals surface area contributed by atoms with Crippen molar-refractivity contribution in [3.63, 3.8) is 0 Å². The van der Waals surface area contributed by atoms with E-state index in [-0.39, 0.29) is 17.9 Å². The lowest BCUT2D eigenvalue weighted by molar-refractivity contribution is 0.101. The van der Waals surface area contributed by atoms with Gasteiger partial charge < -0.3 is 0 Å². The molecule has 1 rings (SSSR count). The maximum Gasteiger partial charge on any atom is 0.330 e. The molecule has 0 N–H and O–H groups in total. The Balaban J connectivity index is 3.34. The molecule has 0 aliphatic rings. The van der Waals surface area contributed by atoms with Crippen molar-refractivity contribution in [2.75, 3.05) is 12.0 Å². The third-order valence-electron chi connectivity index (χ3n) is 2.43. The Morgan fingerprint density at radius 2 is 1.89 bits per heavy atom. The summed E-state index contributed by atoms with van der Waals surface area (Å²) >= 11 is 0. The van der Waals surface area contributed by atoms with Crippen molar-refractivity contribution < 1.29 is 13.2 Å². The van der Waals surface area contributed by atoms with Gasteiger partial charge in [-0.05, 0) is 6.92 Å². The molecule has 1 heterocycles. The highest BCUT2D eigenvalue weighted by Gasteiger charge is 2.13. The van der Waals surface area contributed by atoms with Crippen molar-refractivity contribution >= 4 is 15.6 Å². The highest BCUT2D eigenvalue weighted by atomic mass is 32.2. The largest absolute Gasteiger partial charge is 0.330 e. The van der Waals surface area contributed by atoms with Gasteiger partial charge >= 0.3 is 5.69 Å². The zero-order valence-corrected chi connectivity index (χ0v) is 11.2. The Bertz CT molecular complexity index is 696. The number of ketones is 1. The molecule has 1 aromatic heterocycles. The van der Waals surface area contributed by atoms with Gasteiger partial charge in [0.05, 0.1) is 11.3 Å². The van der Waals surface area contributed by atoms with Gasteiger partial charge in [0.2, 0.25) is 0 Å². The molecule has 0 saturated heterocycles. The van der Waals surface area contributed by atoms with E-state index in [1.807, 2.05) is 0 Å². The van der Waals surface area contributed by atoms with E-state index in [4.69, 9.17) is 0 Å². The molecular formula is C10H14N2O5S. The minimum atomic E-state index is -3.23. The van der Waals surface area contributed by atoms with Crippen LogP contribution in [0.4, 0.5) is 0 Å². The topological polar surface area (TPSA) is 95.2 Å². The fourth-order valence-electron chi connectivity index (χ4n) is 1.39. The Morgan fingerprint density at radius 1 is 1.33 bits per heavy atom. The summed E-state index contributed by atoms with van der Waals surface area (Å²) in [5.41, 5.74) is -1.46. The number of carbonyl (C=O) groups excluding carboxylic acids is 1. The predicted octanol–water partition coefficient (Wildman–Crippen LogP) is -1.21. The summed E-state index contributed by atoms with van der Waals surface area (Å²) < 4.78 is 23.9. The first kappa shape index (κ1) is 14.4. The van der Waals surface area contributed by atoms with Crippen molar-refractivity contribution in [3.05, 3.63) is 32.6 Å². The molecule has 0 amide bonds. The third-order valence-corrected chi connectivity index (χ3v) is 3.36. The van der Waals surface area contributed by atoms with Crippen LogP contribution in [0.15, 0.2) is 15.8 Å². The number of Topliss-reactive ketones (excluding diaryl/α,β-unsaturated/α-hetero) is 1. The van der Waals surface area contributed by atoms with Crippen molar-refractivity contribution in [3.8, 4) is 0 Å². The predicted molar refractivity (Wildman–Crippen MR) is 65.7 cm³/mol. The van der Waals surface area contributed by atoms with Gasteiger partial charge in [0.1, 0.15) is 9.84 Å². The molecule has 8 heteroatoms. The average molecular weight is 274 g/mol. The second-order valence-corrected chi connectivity index (χ2v) is 6.33. The number of carbonyl (C=O) groups is 1. The van der Waals surface area contributed by atoms with E-state index in [0.29, 0.717) is 0 Å². The van der Waals surface area contributed by atoms with Gasteiger partial charge in [-0.2, -0.15) is 0 Å². The van der Waals surface area contributed by atoms with Gasteiger partial charge in [-0.3, -0.25) is 18.7 Å². The molecule has 0 saturated carbocycles. The third kappa shape index (κ3) is 3.16. The molecule has 0 radical (unpaired) electrons. The average Bonchev–Trinajstić information content (AvgIpc) is 2.23. The zero-order chi connectivity index (χ0) is 14.1. The first-order valence-corrected chi connectivity index (χ1v) is 7.18. The Kier molecular flexibility index (Phi) is 3.90. The zero-order valence-electron chi connectivity index (χ0n) is 10.3. The maximum atomic E-state index is 11.7. The lowest BCUT2D eigenvalue weighted by Crippen LogP contribution is -2.41. The van der Waals surface area contributed by atoms with E-state index in [1.54, 1.807) is 0 Å². The van der Waals surface area contributed by atoms with Gasteiger partial charge in [0.25, 0.3) is 5.56 Å². The number of sulfone groups is 1. The van der Waals surface area contributed by atoms with E-state index < -0.39 is 26.9 Å². The smallest absolute Gasteiger partial charge is 0.299 e. The Labute approximate surface area is 104 Å². The van der Waals surface area contributed by atoms with Gasteiger partial charge in [0, 0.05) is 26.0 Å². The van der Waals surface area contributed by atoms with E-state index in [0.717, 1.165) is 21.6 Å². The van der Waals surface area contributed by atoms with E-state index in [1.165, 1.54) is 14.0 Å². The quantitative estimate of drug-likeness (QED) is 0.642. The van der Waals surface area contributed by atoms with Crippen LogP contribution in [-0.4, -0.2) is 35.3 Å². The molecule has 0 atom stereocenters. The summed E-state index contributed by atoms with van der Waals surface area (Å²) in [4.78, 5) is 34.5. The molecule has 0 bridgehead atoms. The van der Waals surface area contributed by atoms with Crippen molar-refractivity contribution in [1.29, 1.82) is 0 Å². The molecule has 18 heavy (non-hydrogen) atoms. The molecule has 0 aromatic carbocycles. The normalized spacial score (nSPS) is 11.5. The summed E-state index contributed by atoms with van der Waals surface area (Å²) in [7, 11) is -1.98. The van der Waals surface area contributed by atoms with Crippen LogP contribution in [0, 0.1) is 0 Å². The van der Waals surface area contributed by atoms with Crippen LogP contribution in [0.5, 0.6) is 0 Å². The van der Waals surface area contributed by atoms with Crippen LogP contribution in [0.25, 0.3) is 0 Å². The lowest BCUT2D eigenvalue weighted by atomic mass is 10.2. The minimum Gasteiger partial charge on any atom is -0.299 e. The highest BCUT2D eigenvalue weighted by molar-refractivity contribution is 7.90. The summed E-state index contributed by atoms with van der Waals surface area (Å²) in [5.74, 6) is -0.702. The molecule has 100 valence electrons. The second kappa shape index (κ2) is 4.89. The van der Waals surface area contributed by atoms with Gasteiger partial charge in [-0.1, -0.05) is 0 Å². The molecule has 0 spiro atoms. The first-order chi connectivity index (χ1) is 8.13. The Morgan fingerprint density at radius 3 is 2.33 bits per heavy atom. The van der Waals surface area contributed by atoms with Gasteiger partial charge in [-0.25, -0.2) is 13.2 Å². The van der Waals surface area contributed by atoms with Gasteiger partial charge in [0.15, 0.2) is 5.78 Å². The molecule has 0 unspecified atom stereocenters. The molecule has 0 aliphatic carbocycles. The number of hydrogen-bond acceptors (Lipinski definition) is 5. The van der Waals surface area contributed by atoms with Crippen molar-refractivity contribution in [2.45, 2.75) is 13.5 Å². The van der Waals surface area contributed by atoms with Crippen LogP contribution >= 0.6 is 0 Å². The summed E-state index contributed by atoms with van der Waals surface area (Å²) in [6.45, 7) is 1.12. The van der Waals surface area contributed by atoms with E-state index >= 15 is 0 Å². The minimum absolute atomic E-state index is 0.0912. The van der Waals surface area contributed by atoms with Crippen LogP contribution in [0.1, 0.15) is 17.3 Å². The molecule has 1 aromatic rings. The van der Waals surface area contributed by atoms with Crippen molar-refractivity contribution in [2.24, 2.45) is 7.05 Å². The standard InChI is InChI=1S/C10H14N2O5S/c1-7(13)8-6-12(4-5-18(3,16)17)10(15)11(2)9(8)14/h6H,4-5H2,1-3H3. The highest BCUT2D eigenvalue weighted by Crippen LogP contribution is 1.93. The fourth-order valence-corrected chi connectivity index (χ4v) is 1.92. The van der Waals surface area contributed by atoms with Crippen LogP contribution in [-0.2, 0) is 23.4 Å². The number of nitrogens with zero attached hydrogens (tertiary/aromatic N) is 2. The molecule has 0 aliphatic heterocycles. The Hall–Kier alpha value is -1.70.